The number of piperidine rings is 1. The summed E-state index contributed by atoms with van der Waals surface area (Å²) >= 11 is 0. The molecule has 1 aliphatic heterocycles. The number of nitrogen functional groups attached to an aromatic ring is 1. The van der Waals surface area contributed by atoms with Crippen molar-refractivity contribution in [2.45, 2.75) is 38.1 Å². The number of benzene rings is 1. The van der Waals surface area contributed by atoms with Crippen LogP contribution in [0, 0.1) is 5.92 Å². The molecule has 150 valence electrons. The quantitative estimate of drug-likeness (QED) is 0.643. The second-order valence-electron chi connectivity index (χ2n) is 8.18. The van der Waals surface area contributed by atoms with E-state index in [4.69, 9.17) is 10.7 Å². The van der Waals surface area contributed by atoms with E-state index in [1.54, 1.807) is 0 Å². The molecule has 1 fully saturated rings. The Morgan fingerprint density at radius 2 is 2.07 bits per heavy atom. The van der Waals surface area contributed by atoms with Gasteiger partial charge in [-0.05, 0) is 74.9 Å². The highest BCUT2D eigenvalue weighted by molar-refractivity contribution is 5.65. The SMILES string of the molecule is Nc1ccccc1NCCN(CC1CCCNC1)C1CCCc2cccnc21. The van der Waals surface area contributed by atoms with Crippen LogP contribution in [0.4, 0.5) is 11.4 Å². The zero-order chi connectivity index (χ0) is 19.2. The Hall–Kier alpha value is -2.11. The molecule has 5 heteroatoms. The lowest BCUT2D eigenvalue weighted by molar-refractivity contribution is 0.142. The number of aryl methyl sites for hydroxylation is 1. The summed E-state index contributed by atoms with van der Waals surface area (Å²) in [6, 6.07) is 12.8. The van der Waals surface area contributed by atoms with Gasteiger partial charge in [0.1, 0.15) is 0 Å². The molecule has 2 aromatic rings. The molecule has 0 amide bonds. The second kappa shape index (κ2) is 9.39. The van der Waals surface area contributed by atoms with E-state index in [0.717, 1.165) is 49.9 Å². The maximum absolute atomic E-state index is 6.10. The largest absolute Gasteiger partial charge is 0.397 e. The third-order valence-corrected chi connectivity index (χ3v) is 6.17. The number of hydrogen-bond acceptors (Lipinski definition) is 5. The zero-order valence-corrected chi connectivity index (χ0v) is 16.7. The molecular weight excluding hydrogens is 346 g/mol. The van der Waals surface area contributed by atoms with E-state index in [1.807, 2.05) is 24.4 Å². The highest BCUT2D eigenvalue weighted by Crippen LogP contribution is 2.33. The van der Waals surface area contributed by atoms with Gasteiger partial charge in [-0.3, -0.25) is 9.88 Å². The van der Waals surface area contributed by atoms with Crippen LogP contribution in [0.3, 0.4) is 0 Å². The first kappa shape index (κ1) is 19.2. The van der Waals surface area contributed by atoms with Crippen molar-refractivity contribution in [2.24, 2.45) is 5.92 Å². The molecule has 0 radical (unpaired) electrons. The van der Waals surface area contributed by atoms with E-state index in [1.165, 1.54) is 43.5 Å². The summed E-state index contributed by atoms with van der Waals surface area (Å²) in [6.07, 6.45) is 8.19. The summed E-state index contributed by atoms with van der Waals surface area (Å²) in [5.74, 6) is 0.727. The van der Waals surface area contributed by atoms with Crippen LogP contribution >= 0.6 is 0 Å². The van der Waals surface area contributed by atoms with Gasteiger partial charge in [0.25, 0.3) is 0 Å². The summed E-state index contributed by atoms with van der Waals surface area (Å²) in [5.41, 5.74) is 10.7. The third-order valence-electron chi connectivity index (χ3n) is 6.17. The standard InChI is InChI=1S/C23H33N5/c24-20-9-1-2-10-21(20)26-14-15-28(17-18-6-4-12-25-16-18)22-11-3-7-19-8-5-13-27-23(19)22/h1-2,5,8-10,13,18,22,25-26H,3-4,6-7,11-12,14-17,24H2. The summed E-state index contributed by atoms with van der Waals surface area (Å²) in [6.45, 7) is 5.34. The number of para-hydroxylation sites is 2. The molecule has 5 nitrogen and oxygen atoms in total. The smallest absolute Gasteiger partial charge is 0.0607 e. The van der Waals surface area contributed by atoms with Crippen LogP contribution in [0.1, 0.15) is 43.0 Å². The lowest BCUT2D eigenvalue weighted by Crippen LogP contribution is -2.42. The van der Waals surface area contributed by atoms with E-state index in [9.17, 15) is 0 Å². The minimum absolute atomic E-state index is 0.432. The number of nitrogens with two attached hydrogens (primary N) is 1. The third kappa shape index (κ3) is 4.65. The molecule has 0 saturated carbocycles. The zero-order valence-electron chi connectivity index (χ0n) is 16.7. The van der Waals surface area contributed by atoms with E-state index in [-0.39, 0.29) is 0 Å². The van der Waals surface area contributed by atoms with Crippen molar-refractivity contribution in [3.05, 3.63) is 53.9 Å². The minimum atomic E-state index is 0.432. The average molecular weight is 380 g/mol. The lowest BCUT2D eigenvalue weighted by atomic mass is 9.89. The van der Waals surface area contributed by atoms with Crippen molar-refractivity contribution < 1.29 is 0 Å². The summed E-state index contributed by atoms with van der Waals surface area (Å²) in [7, 11) is 0. The molecule has 1 saturated heterocycles. The predicted octanol–water partition coefficient (Wildman–Crippen LogP) is 3.45. The van der Waals surface area contributed by atoms with Gasteiger partial charge in [-0.2, -0.15) is 0 Å². The Balaban J connectivity index is 1.46. The van der Waals surface area contributed by atoms with Crippen LogP contribution in [0.2, 0.25) is 0 Å². The van der Waals surface area contributed by atoms with Crippen LogP contribution < -0.4 is 16.4 Å². The first-order chi connectivity index (χ1) is 13.8. The Bertz CT molecular complexity index is 756. The van der Waals surface area contributed by atoms with E-state index < -0.39 is 0 Å². The van der Waals surface area contributed by atoms with Gasteiger partial charge in [-0.25, -0.2) is 0 Å². The second-order valence-corrected chi connectivity index (χ2v) is 8.18. The first-order valence-corrected chi connectivity index (χ1v) is 10.8. The number of fused-ring (bicyclic) bond motifs is 1. The van der Waals surface area contributed by atoms with Crippen molar-refractivity contribution in [1.29, 1.82) is 0 Å². The maximum atomic E-state index is 6.10. The Labute approximate surface area is 168 Å². The van der Waals surface area contributed by atoms with Crippen LogP contribution in [0.25, 0.3) is 0 Å². The molecule has 0 spiro atoms. The fourth-order valence-electron chi connectivity index (χ4n) is 4.72. The summed E-state index contributed by atoms with van der Waals surface area (Å²) in [4.78, 5) is 7.47. The van der Waals surface area contributed by atoms with Gasteiger partial charge in [-0.1, -0.05) is 18.2 Å². The monoisotopic (exact) mass is 379 g/mol. The fourth-order valence-corrected chi connectivity index (χ4v) is 4.72. The number of pyridine rings is 1. The summed E-state index contributed by atoms with van der Waals surface area (Å²) in [5, 5.41) is 7.12. The lowest BCUT2D eigenvalue weighted by Gasteiger charge is -2.38. The maximum Gasteiger partial charge on any atom is 0.0607 e. The van der Waals surface area contributed by atoms with Gasteiger partial charge >= 0.3 is 0 Å². The van der Waals surface area contributed by atoms with Gasteiger partial charge in [-0.15, -0.1) is 0 Å². The highest BCUT2D eigenvalue weighted by atomic mass is 15.2. The molecule has 2 unspecified atom stereocenters. The number of hydrogen-bond donors (Lipinski definition) is 3. The molecule has 2 heterocycles. The van der Waals surface area contributed by atoms with Crippen molar-refractivity contribution in [3.8, 4) is 0 Å². The molecular formula is C23H33N5. The number of aromatic nitrogens is 1. The predicted molar refractivity (Wildman–Crippen MR) is 116 cm³/mol. The molecule has 2 atom stereocenters. The Kier molecular flexibility index (Phi) is 6.45. The van der Waals surface area contributed by atoms with E-state index in [0.29, 0.717) is 6.04 Å². The molecule has 1 aliphatic carbocycles. The average Bonchev–Trinajstić information content (AvgIpc) is 2.75. The van der Waals surface area contributed by atoms with E-state index >= 15 is 0 Å². The number of nitrogens with one attached hydrogen (secondary N) is 2. The van der Waals surface area contributed by atoms with E-state index in [2.05, 4.69) is 33.7 Å². The van der Waals surface area contributed by atoms with Crippen molar-refractivity contribution in [1.82, 2.24) is 15.2 Å². The van der Waals surface area contributed by atoms with Gasteiger partial charge in [0, 0.05) is 25.8 Å². The highest BCUT2D eigenvalue weighted by Gasteiger charge is 2.29. The van der Waals surface area contributed by atoms with Crippen molar-refractivity contribution in [2.75, 3.05) is 43.8 Å². The van der Waals surface area contributed by atoms with Crippen molar-refractivity contribution in [3.63, 3.8) is 0 Å². The van der Waals surface area contributed by atoms with Crippen LogP contribution in [0.5, 0.6) is 0 Å². The van der Waals surface area contributed by atoms with Gasteiger partial charge in [0.15, 0.2) is 0 Å². The topological polar surface area (TPSA) is 66.2 Å². The molecule has 1 aromatic heterocycles. The summed E-state index contributed by atoms with van der Waals surface area (Å²) < 4.78 is 0. The minimum Gasteiger partial charge on any atom is -0.397 e. The molecule has 28 heavy (non-hydrogen) atoms. The van der Waals surface area contributed by atoms with Gasteiger partial charge < -0.3 is 16.4 Å². The number of anilines is 2. The van der Waals surface area contributed by atoms with Gasteiger partial charge in [0.05, 0.1) is 23.1 Å². The Morgan fingerprint density at radius 3 is 2.93 bits per heavy atom. The van der Waals surface area contributed by atoms with Gasteiger partial charge in [0.2, 0.25) is 0 Å². The number of rotatable bonds is 7. The normalized spacial score (nSPS) is 22.0. The number of nitrogens with zero attached hydrogens (tertiary/aromatic N) is 2. The van der Waals surface area contributed by atoms with Crippen LogP contribution in [-0.4, -0.2) is 42.6 Å². The molecule has 4 N–H and O–H groups in total. The molecule has 2 aliphatic rings. The fraction of sp³-hybridized carbons (Fsp3) is 0.522. The molecule has 4 rings (SSSR count). The first-order valence-electron chi connectivity index (χ1n) is 10.8. The molecule has 0 bridgehead atoms. The van der Waals surface area contributed by atoms with Crippen molar-refractivity contribution >= 4 is 11.4 Å². The Morgan fingerprint density at radius 1 is 1.14 bits per heavy atom. The van der Waals surface area contributed by atoms with Crippen LogP contribution in [0.15, 0.2) is 42.6 Å². The van der Waals surface area contributed by atoms with Crippen LogP contribution in [-0.2, 0) is 6.42 Å². The molecule has 1 aromatic carbocycles.